The van der Waals surface area contributed by atoms with Crippen molar-refractivity contribution in [3.63, 3.8) is 0 Å². The van der Waals surface area contributed by atoms with E-state index >= 15 is 0 Å². The molecule has 0 aliphatic heterocycles. The van der Waals surface area contributed by atoms with Crippen LogP contribution in [0.4, 0.5) is 18.9 Å². The predicted molar refractivity (Wildman–Crippen MR) is 117 cm³/mol. The van der Waals surface area contributed by atoms with Crippen LogP contribution in [0.5, 0.6) is 5.75 Å². The van der Waals surface area contributed by atoms with Gasteiger partial charge in [-0.15, -0.1) is 0 Å². The molecule has 33 heavy (non-hydrogen) atoms. The third-order valence-corrected chi connectivity index (χ3v) is 6.80. The summed E-state index contributed by atoms with van der Waals surface area (Å²) in [5.74, 6) is 0.228. The lowest BCUT2D eigenvalue weighted by atomic mass is 9.74. The second kappa shape index (κ2) is 8.14. The van der Waals surface area contributed by atoms with Crippen molar-refractivity contribution in [2.75, 3.05) is 5.32 Å². The summed E-state index contributed by atoms with van der Waals surface area (Å²) >= 11 is 0. The third kappa shape index (κ3) is 4.15. The van der Waals surface area contributed by atoms with Gasteiger partial charge in [0.15, 0.2) is 0 Å². The second-order valence-corrected chi connectivity index (χ2v) is 8.85. The number of carbonyl (C=O) groups is 1. The zero-order chi connectivity index (χ0) is 23.2. The minimum absolute atomic E-state index is 0.0157. The molecule has 1 aromatic heterocycles. The zero-order valence-electron chi connectivity index (χ0n) is 17.7. The smallest absolute Gasteiger partial charge is 0.416 e. The predicted octanol–water partition coefficient (Wildman–Crippen LogP) is 6.00. The number of amides is 1. The number of benzene rings is 2. The van der Waals surface area contributed by atoms with Gasteiger partial charge in [0.05, 0.1) is 35.3 Å². The minimum atomic E-state index is -4.33. The summed E-state index contributed by atoms with van der Waals surface area (Å²) in [6, 6.07) is 13.1. The number of carbonyl (C=O) groups excluding carboxylic acids is 1. The van der Waals surface area contributed by atoms with E-state index in [9.17, 15) is 18.0 Å². The molecule has 2 N–H and O–H groups in total. The van der Waals surface area contributed by atoms with E-state index in [1.165, 1.54) is 0 Å². The fourth-order valence-corrected chi connectivity index (χ4v) is 4.54. The molecule has 0 bridgehead atoms. The number of fused-ring (bicyclic) bond motifs is 1. The SMILES string of the molecule is N#CC1CCC1C(=O)Nc1c[nH]c2ccc(O[C@H]3C[C@@H](c4ccc(C(F)(F)F)cc4)C3)cc12. The molecule has 2 unspecified atom stereocenters. The van der Waals surface area contributed by atoms with Crippen LogP contribution in [-0.4, -0.2) is 17.0 Å². The number of halogens is 3. The summed E-state index contributed by atoms with van der Waals surface area (Å²) < 4.78 is 44.3. The van der Waals surface area contributed by atoms with Crippen molar-refractivity contribution < 1.29 is 22.7 Å². The number of ether oxygens (including phenoxy) is 1. The summed E-state index contributed by atoms with van der Waals surface area (Å²) in [5, 5.41) is 12.8. The van der Waals surface area contributed by atoms with E-state index in [4.69, 9.17) is 10.00 Å². The van der Waals surface area contributed by atoms with Crippen molar-refractivity contribution in [3.05, 3.63) is 59.8 Å². The zero-order valence-corrected chi connectivity index (χ0v) is 17.7. The number of aromatic nitrogens is 1. The summed E-state index contributed by atoms with van der Waals surface area (Å²) in [4.78, 5) is 15.6. The van der Waals surface area contributed by atoms with E-state index in [1.807, 2.05) is 18.2 Å². The molecule has 2 fully saturated rings. The Hall–Kier alpha value is -3.47. The lowest BCUT2D eigenvalue weighted by Crippen LogP contribution is -2.35. The van der Waals surface area contributed by atoms with Gasteiger partial charge in [-0.3, -0.25) is 4.79 Å². The van der Waals surface area contributed by atoms with Gasteiger partial charge >= 0.3 is 6.18 Å². The van der Waals surface area contributed by atoms with E-state index in [-0.39, 0.29) is 29.8 Å². The lowest BCUT2D eigenvalue weighted by molar-refractivity contribution is -0.137. The fraction of sp³-hybridized carbons (Fsp3) is 0.360. The minimum Gasteiger partial charge on any atom is -0.490 e. The molecule has 2 atom stereocenters. The molecule has 0 radical (unpaired) electrons. The number of hydrogen-bond acceptors (Lipinski definition) is 3. The summed E-state index contributed by atoms with van der Waals surface area (Å²) in [6.45, 7) is 0. The van der Waals surface area contributed by atoms with Gasteiger partial charge in [0.25, 0.3) is 0 Å². The number of anilines is 1. The molecule has 2 aliphatic rings. The molecule has 0 spiro atoms. The quantitative estimate of drug-likeness (QED) is 0.497. The van der Waals surface area contributed by atoms with Crippen LogP contribution in [-0.2, 0) is 11.0 Å². The standard InChI is InChI=1S/C25H22F3N3O2/c26-25(27,28)17-4-1-14(2-5-17)16-9-19(10-16)33-18-6-8-22-21(11-18)23(13-30-22)31-24(32)20-7-3-15(20)12-29/h1-2,4-6,8,11,13,15-16,19-20,30H,3,7,9-10H2,(H,31,32)/t15?,16-,19+,20?. The Labute approximate surface area is 188 Å². The van der Waals surface area contributed by atoms with Gasteiger partial charge in [-0.25, -0.2) is 0 Å². The first-order valence-electron chi connectivity index (χ1n) is 11.0. The maximum Gasteiger partial charge on any atom is 0.416 e. The number of hydrogen-bond donors (Lipinski definition) is 2. The van der Waals surface area contributed by atoms with Crippen molar-refractivity contribution in [1.82, 2.24) is 4.98 Å². The Bertz CT molecular complexity index is 1220. The topological polar surface area (TPSA) is 77.9 Å². The maximum absolute atomic E-state index is 12.7. The Balaban J connectivity index is 1.21. The highest BCUT2D eigenvalue weighted by Crippen LogP contribution is 2.41. The van der Waals surface area contributed by atoms with Gasteiger partial charge in [-0.2, -0.15) is 18.4 Å². The number of alkyl halides is 3. The Morgan fingerprint density at radius 2 is 1.88 bits per heavy atom. The first-order chi connectivity index (χ1) is 15.8. The number of aromatic amines is 1. The largest absolute Gasteiger partial charge is 0.490 e. The highest BCUT2D eigenvalue weighted by molar-refractivity contribution is 6.03. The van der Waals surface area contributed by atoms with Crippen molar-refractivity contribution in [1.29, 1.82) is 5.26 Å². The van der Waals surface area contributed by atoms with Crippen molar-refractivity contribution in [2.45, 2.75) is 43.9 Å². The second-order valence-electron chi connectivity index (χ2n) is 8.85. The summed E-state index contributed by atoms with van der Waals surface area (Å²) in [7, 11) is 0. The molecule has 170 valence electrons. The number of nitriles is 1. The van der Waals surface area contributed by atoms with Gasteiger partial charge in [-0.1, -0.05) is 12.1 Å². The van der Waals surface area contributed by atoms with Gasteiger partial charge in [-0.05, 0) is 67.5 Å². The molecule has 5 rings (SSSR count). The van der Waals surface area contributed by atoms with Crippen LogP contribution in [0, 0.1) is 23.2 Å². The van der Waals surface area contributed by atoms with Gasteiger partial charge < -0.3 is 15.0 Å². The molecule has 1 amide bonds. The molecule has 8 heteroatoms. The average Bonchev–Trinajstić information content (AvgIpc) is 3.11. The monoisotopic (exact) mass is 453 g/mol. The van der Waals surface area contributed by atoms with Crippen molar-refractivity contribution in [2.24, 2.45) is 11.8 Å². The molecule has 0 saturated heterocycles. The molecular weight excluding hydrogens is 431 g/mol. The van der Waals surface area contributed by atoms with E-state index in [0.29, 0.717) is 11.4 Å². The van der Waals surface area contributed by atoms with Crippen molar-refractivity contribution in [3.8, 4) is 11.8 Å². The third-order valence-electron chi connectivity index (χ3n) is 6.80. The molecule has 5 nitrogen and oxygen atoms in total. The molecule has 2 aromatic carbocycles. The average molecular weight is 453 g/mol. The normalized spacial score (nSPS) is 24.4. The van der Waals surface area contributed by atoms with E-state index in [0.717, 1.165) is 54.3 Å². The first kappa shape index (κ1) is 21.4. The molecule has 1 heterocycles. The van der Waals surface area contributed by atoms with E-state index in [1.54, 1.807) is 18.3 Å². The van der Waals surface area contributed by atoms with Gasteiger partial charge in [0.2, 0.25) is 5.91 Å². The van der Waals surface area contributed by atoms with Crippen LogP contribution in [0.2, 0.25) is 0 Å². The van der Waals surface area contributed by atoms with Gasteiger partial charge in [0, 0.05) is 17.1 Å². The lowest BCUT2D eigenvalue weighted by Gasteiger charge is -2.36. The van der Waals surface area contributed by atoms with E-state index < -0.39 is 11.7 Å². The Morgan fingerprint density at radius 1 is 1.12 bits per heavy atom. The molecule has 2 saturated carbocycles. The van der Waals surface area contributed by atoms with Crippen LogP contribution in [0.25, 0.3) is 10.9 Å². The highest BCUT2D eigenvalue weighted by atomic mass is 19.4. The molecule has 3 aromatic rings. The van der Waals surface area contributed by atoms with Crippen LogP contribution >= 0.6 is 0 Å². The number of nitrogens with one attached hydrogen (secondary N) is 2. The first-order valence-corrected chi connectivity index (χ1v) is 11.0. The van der Waals surface area contributed by atoms with Crippen LogP contribution in [0.3, 0.4) is 0 Å². The number of nitrogens with zero attached hydrogens (tertiary/aromatic N) is 1. The fourth-order valence-electron chi connectivity index (χ4n) is 4.54. The number of rotatable bonds is 5. The number of H-pyrrole nitrogens is 1. The van der Waals surface area contributed by atoms with Crippen LogP contribution in [0.1, 0.15) is 42.7 Å². The molecular formula is C25H22F3N3O2. The summed E-state index contributed by atoms with van der Waals surface area (Å²) in [6.07, 6.45) is 0.343. The van der Waals surface area contributed by atoms with Crippen LogP contribution in [0.15, 0.2) is 48.7 Å². The van der Waals surface area contributed by atoms with Crippen LogP contribution < -0.4 is 10.1 Å². The van der Waals surface area contributed by atoms with E-state index in [2.05, 4.69) is 16.4 Å². The Morgan fingerprint density at radius 3 is 2.52 bits per heavy atom. The highest BCUT2D eigenvalue weighted by Gasteiger charge is 2.37. The van der Waals surface area contributed by atoms with Gasteiger partial charge in [0.1, 0.15) is 5.75 Å². The summed E-state index contributed by atoms with van der Waals surface area (Å²) in [5.41, 5.74) is 1.77. The van der Waals surface area contributed by atoms with Crippen molar-refractivity contribution >= 4 is 22.5 Å². The maximum atomic E-state index is 12.7. The Kier molecular flexibility index (Phi) is 5.28. The molecule has 2 aliphatic carbocycles.